The number of anilines is 1. The summed E-state index contributed by atoms with van der Waals surface area (Å²) in [6, 6.07) is 3.92. The van der Waals surface area contributed by atoms with Gasteiger partial charge in [-0.25, -0.2) is 9.02 Å². The first kappa shape index (κ1) is 16.1. The zero-order valence-electron chi connectivity index (χ0n) is 11.3. The van der Waals surface area contributed by atoms with Crippen LogP contribution in [0, 0.1) is 5.82 Å². The minimum absolute atomic E-state index is 0.0338. The third-order valence-electron chi connectivity index (χ3n) is 2.64. The number of amidine groups is 1. The molecule has 8 nitrogen and oxygen atoms in total. The van der Waals surface area contributed by atoms with Gasteiger partial charge < -0.3 is 20.9 Å². The van der Waals surface area contributed by atoms with Gasteiger partial charge in [0.05, 0.1) is 11.6 Å². The molecule has 1 heterocycles. The molecule has 0 aliphatic carbocycles. The van der Waals surface area contributed by atoms with Gasteiger partial charge in [0, 0.05) is 18.8 Å². The zero-order valence-corrected chi connectivity index (χ0v) is 12.0. The fourth-order valence-corrected chi connectivity index (χ4v) is 1.81. The van der Waals surface area contributed by atoms with Gasteiger partial charge in [-0.15, -0.1) is 0 Å². The summed E-state index contributed by atoms with van der Waals surface area (Å²) in [4.78, 5) is 0. The van der Waals surface area contributed by atoms with Crippen molar-refractivity contribution in [3.05, 3.63) is 40.4 Å². The van der Waals surface area contributed by atoms with E-state index >= 15 is 0 Å². The molecule has 0 radical (unpaired) electrons. The molecule has 0 spiro atoms. The van der Waals surface area contributed by atoms with E-state index in [4.69, 9.17) is 21.9 Å². The standard InChI is InChI=1S/C12H13ClFN5O3/c13-8-5-7(1-2-9(8)14)16-12(17-21)11-10(18-22-19-11)6-15-3-4-20/h1-2,5,15,20-21H,3-4,6H2,(H,16,17). The molecule has 0 aliphatic heterocycles. The first-order chi connectivity index (χ1) is 10.7. The van der Waals surface area contributed by atoms with E-state index in [2.05, 4.69) is 30.7 Å². The molecule has 0 amide bonds. The van der Waals surface area contributed by atoms with Gasteiger partial charge in [0.15, 0.2) is 5.69 Å². The Morgan fingerprint density at radius 1 is 1.41 bits per heavy atom. The number of aromatic nitrogens is 2. The quantitative estimate of drug-likeness (QED) is 0.207. The Kier molecular flexibility index (Phi) is 5.64. The van der Waals surface area contributed by atoms with Crippen LogP contribution >= 0.6 is 11.6 Å². The molecule has 22 heavy (non-hydrogen) atoms. The second-order valence-electron chi connectivity index (χ2n) is 4.16. The van der Waals surface area contributed by atoms with Gasteiger partial charge in [-0.3, -0.25) is 0 Å². The number of aliphatic hydroxyl groups is 1. The Morgan fingerprint density at radius 3 is 2.91 bits per heavy atom. The summed E-state index contributed by atoms with van der Waals surface area (Å²) < 4.78 is 17.7. The van der Waals surface area contributed by atoms with Crippen molar-refractivity contribution in [2.75, 3.05) is 18.5 Å². The summed E-state index contributed by atoms with van der Waals surface area (Å²) in [5, 5.41) is 33.8. The second-order valence-corrected chi connectivity index (χ2v) is 4.57. The molecule has 2 aromatic rings. The third kappa shape index (κ3) is 3.91. The van der Waals surface area contributed by atoms with Crippen LogP contribution in [0.15, 0.2) is 28.0 Å². The van der Waals surface area contributed by atoms with Crippen LogP contribution in [-0.4, -0.2) is 39.6 Å². The highest BCUT2D eigenvalue weighted by molar-refractivity contribution is 6.31. The van der Waals surface area contributed by atoms with Gasteiger partial charge in [0.2, 0.25) is 5.84 Å². The predicted octanol–water partition coefficient (Wildman–Crippen LogP) is 1.19. The number of hydrogen-bond donors (Lipinski definition) is 4. The van der Waals surface area contributed by atoms with Gasteiger partial charge in [-0.1, -0.05) is 21.9 Å². The first-order valence-corrected chi connectivity index (χ1v) is 6.61. The van der Waals surface area contributed by atoms with Gasteiger partial charge in [0.1, 0.15) is 11.5 Å². The van der Waals surface area contributed by atoms with Crippen LogP contribution in [0.4, 0.5) is 10.1 Å². The Labute approximate surface area is 129 Å². The highest BCUT2D eigenvalue weighted by Crippen LogP contribution is 2.20. The SMILES string of the molecule is OCCNCc1nonc1/C(=N\O)Nc1ccc(F)c(Cl)c1. The van der Waals surface area contributed by atoms with Crippen LogP contribution in [0.3, 0.4) is 0 Å². The van der Waals surface area contributed by atoms with Crippen LogP contribution in [0.1, 0.15) is 11.4 Å². The summed E-state index contributed by atoms with van der Waals surface area (Å²) in [6.45, 7) is 0.580. The number of hydrogen-bond acceptors (Lipinski definition) is 7. The largest absolute Gasteiger partial charge is 0.409 e. The maximum Gasteiger partial charge on any atom is 0.201 e. The van der Waals surface area contributed by atoms with E-state index in [0.717, 1.165) is 0 Å². The molecule has 10 heteroatoms. The number of oxime groups is 1. The molecule has 0 bridgehead atoms. The summed E-state index contributed by atoms with van der Waals surface area (Å²) in [5.74, 6) is -0.601. The van der Waals surface area contributed by atoms with Crippen molar-refractivity contribution in [1.29, 1.82) is 0 Å². The van der Waals surface area contributed by atoms with Crippen LogP contribution in [-0.2, 0) is 6.54 Å². The smallest absolute Gasteiger partial charge is 0.201 e. The van der Waals surface area contributed by atoms with Crippen LogP contribution in [0.5, 0.6) is 0 Å². The molecule has 2 rings (SSSR count). The second kappa shape index (κ2) is 7.69. The number of aliphatic hydroxyl groups excluding tert-OH is 1. The Hall–Kier alpha value is -2.23. The van der Waals surface area contributed by atoms with Crippen molar-refractivity contribution in [1.82, 2.24) is 15.6 Å². The summed E-state index contributed by atoms with van der Waals surface area (Å²) >= 11 is 5.68. The summed E-state index contributed by atoms with van der Waals surface area (Å²) in [5.41, 5.74) is 0.951. The molecule has 1 aromatic heterocycles. The van der Waals surface area contributed by atoms with Crippen molar-refractivity contribution in [2.24, 2.45) is 5.16 Å². The molecule has 118 valence electrons. The van der Waals surface area contributed by atoms with Crippen molar-refractivity contribution in [2.45, 2.75) is 6.54 Å². The molecule has 4 N–H and O–H groups in total. The van der Waals surface area contributed by atoms with Crippen LogP contribution in [0.25, 0.3) is 0 Å². The van der Waals surface area contributed by atoms with Crippen LogP contribution in [0.2, 0.25) is 5.02 Å². The average Bonchev–Trinajstić information content (AvgIpc) is 2.97. The fourth-order valence-electron chi connectivity index (χ4n) is 1.63. The predicted molar refractivity (Wildman–Crippen MR) is 76.4 cm³/mol. The van der Waals surface area contributed by atoms with Gasteiger partial charge in [0.25, 0.3) is 0 Å². The van der Waals surface area contributed by atoms with Crippen molar-refractivity contribution in [3.8, 4) is 0 Å². The minimum Gasteiger partial charge on any atom is -0.409 e. The maximum absolute atomic E-state index is 13.1. The number of nitrogens with zero attached hydrogens (tertiary/aromatic N) is 3. The van der Waals surface area contributed by atoms with E-state index in [1.807, 2.05) is 0 Å². The number of halogens is 2. The normalized spacial score (nSPS) is 11.7. The van der Waals surface area contributed by atoms with E-state index in [1.54, 1.807) is 0 Å². The van der Waals surface area contributed by atoms with E-state index < -0.39 is 5.82 Å². The lowest BCUT2D eigenvalue weighted by Gasteiger charge is -2.07. The lowest BCUT2D eigenvalue weighted by molar-refractivity contribution is 0.287. The Morgan fingerprint density at radius 2 is 2.23 bits per heavy atom. The molecule has 0 saturated heterocycles. The Bertz CT molecular complexity index is 664. The number of benzene rings is 1. The maximum atomic E-state index is 13.1. The molecular formula is C12H13ClFN5O3. The van der Waals surface area contributed by atoms with E-state index in [1.165, 1.54) is 18.2 Å². The van der Waals surface area contributed by atoms with Crippen molar-refractivity contribution < 1.29 is 19.3 Å². The van der Waals surface area contributed by atoms with Crippen molar-refractivity contribution in [3.63, 3.8) is 0 Å². The fraction of sp³-hybridized carbons (Fsp3) is 0.250. The molecule has 1 aromatic carbocycles. The zero-order chi connectivity index (χ0) is 15.9. The van der Waals surface area contributed by atoms with Gasteiger partial charge in [-0.05, 0) is 23.4 Å². The van der Waals surface area contributed by atoms with Gasteiger partial charge in [-0.2, -0.15) is 0 Å². The first-order valence-electron chi connectivity index (χ1n) is 6.23. The van der Waals surface area contributed by atoms with Gasteiger partial charge >= 0.3 is 0 Å². The molecular weight excluding hydrogens is 317 g/mol. The summed E-state index contributed by atoms with van der Waals surface area (Å²) in [6.07, 6.45) is 0. The molecule has 0 aliphatic rings. The lowest BCUT2D eigenvalue weighted by Crippen LogP contribution is -2.22. The van der Waals surface area contributed by atoms with Crippen molar-refractivity contribution >= 4 is 23.1 Å². The molecule has 0 unspecified atom stereocenters. The van der Waals surface area contributed by atoms with E-state index in [-0.39, 0.29) is 29.7 Å². The number of rotatable bonds is 6. The van der Waals surface area contributed by atoms with E-state index in [9.17, 15) is 4.39 Å². The lowest BCUT2D eigenvalue weighted by atomic mass is 10.2. The molecule has 0 fully saturated rings. The third-order valence-corrected chi connectivity index (χ3v) is 2.93. The highest BCUT2D eigenvalue weighted by atomic mass is 35.5. The summed E-state index contributed by atoms with van der Waals surface area (Å²) in [7, 11) is 0. The number of nitrogens with one attached hydrogen (secondary N) is 2. The monoisotopic (exact) mass is 329 g/mol. The Balaban J connectivity index is 2.15. The molecule has 0 saturated carbocycles. The average molecular weight is 330 g/mol. The minimum atomic E-state index is -0.563. The van der Waals surface area contributed by atoms with Crippen LogP contribution < -0.4 is 10.6 Å². The highest BCUT2D eigenvalue weighted by Gasteiger charge is 2.17. The topological polar surface area (TPSA) is 116 Å². The molecule has 0 atom stereocenters. The van der Waals surface area contributed by atoms with E-state index in [0.29, 0.717) is 17.9 Å².